The van der Waals surface area contributed by atoms with E-state index >= 15 is 0 Å². The van der Waals surface area contributed by atoms with Crippen LogP contribution in [-0.4, -0.2) is 0 Å². The fourth-order valence-electron chi connectivity index (χ4n) is 1.55. The van der Waals surface area contributed by atoms with Crippen molar-refractivity contribution in [2.75, 3.05) is 0 Å². The third-order valence-electron chi connectivity index (χ3n) is 2.33. The van der Waals surface area contributed by atoms with Crippen molar-refractivity contribution in [3.05, 3.63) is 35.5 Å². The molecule has 1 heteroatoms. The molecule has 13 heavy (non-hydrogen) atoms. The van der Waals surface area contributed by atoms with Crippen molar-refractivity contribution in [3.63, 3.8) is 0 Å². The minimum atomic E-state index is 0.392. The highest BCUT2D eigenvalue weighted by Crippen LogP contribution is 2.24. The summed E-state index contributed by atoms with van der Waals surface area (Å²) in [6.07, 6.45) is 8.56. The lowest BCUT2D eigenvalue weighted by atomic mass is 9.86. The topological polar surface area (TPSA) is 23.8 Å². The smallest absolute Gasteiger partial charge is 0.0940 e. The van der Waals surface area contributed by atoms with Gasteiger partial charge in [-0.15, -0.1) is 0 Å². The first-order valence-corrected chi connectivity index (χ1v) is 4.58. The van der Waals surface area contributed by atoms with E-state index in [9.17, 15) is 0 Å². The van der Waals surface area contributed by atoms with Gasteiger partial charge >= 0.3 is 0 Å². The van der Waals surface area contributed by atoms with E-state index in [4.69, 9.17) is 5.26 Å². The lowest BCUT2D eigenvalue weighted by Gasteiger charge is -2.18. The Balaban J connectivity index is 2.77. The van der Waals surface area contributed by atoms with Gasteiger partial charge in [0.2, 0.25) is 0 Å². The van der Waals surface area contributed by atoms with E-state index in [0.29, 0.717) is 11.8 Å². The van der Waals surface area contributed by atoms with Crippen LogP contribution < -0.4 is 0 Å². The summed E-state index contributed by atoms with van der Waals surface area (Å²) in [4.78, 5) is 0. The first kappa shape index (κ1) is 9.80. The molecule has 0 heterocycles. The molecule has 0 aromatic heterocycles. The third kappa shape index (κ3) is 2.59. The molecule has 0 saturated carbocycles. The first-order valence-electron chi connectivity index (χ1n) is 4.58. The first-order chi connectivity index (χ1) is 6.13. The molecule has 0 N–H and O–H groups in total. The van der Waals surface area contributed by atoms with E-state index in [0.717, 1.165) is 5.57 Å². The fourth-order valence-corrected chi connectivity index (χ4v) is 1.55. The molecule has 2 atom stereocenters. The summed E-state index contributed by atoms with van der Waals surface area (Å²) in [6.45, 7) is 6.13. The van der Waals surface area contributed by atoms with Crippen LogP contribution >= 0.6 is 0 Å². The van der Waals surface area contributed by atoms with Gasteiger partial charge in [-0.3, -0.25) is 0 Å². The van der Waals surface area contributed by atoms with Gasteiger partial charge in [0, 0.05) is 11.5 Å². The van der Waals surface area contributed by atoms with Gasteiger partial charge in [0.15, 0.2) is 0 Å². The number of hydrogen-bond acceptors (Lipinski definition) is 1. The maximum atomic E-state index is 8.65. The van der Waals surface area contributed by atoms with Gasteiger partial charge in [-0.1, -0.05) is 36.8 Å². The molecule has 0 saturated heterocycles. The second kappa shape index (κ2) is 4.09. The second-order valence-corrected chi connectivity index (χ2v) is 3.67. The fraction of sp³-hybridized carbons (Fsp3) is 0.417. The average Bonchev–Trinajstić information content (AvgIpc) is 2.09. The van der Waals surface area contributed by atoms with Gasteiger partial charge in [-0.2, -0.15) is 5.26 Å². The van der Waals surface area contributed by atoms with Crippen LogP contribution in [0.2, 0.25) is 0 Å². The molecule has 0 aromatic carbocycles. The maximum absolute atomic E-state index is 8.65. The van der Waals surface area contributed by atoms with Crippen LogP contribution in [0.3, 0.4) is 0 Å². The summed E-state index contributed by atoms with van der Waals surface area (Å²) in [5, 5.41) is 8.65. The number of allylic oxidation sites excluding steroid dienone is 6. The van der Waals surface area contributed by atoms with Crippen LogP contribution in [0.25, 0.3) is 0 Å². The average molecular weight is 173 g/mol. The molecule has 0 aliphatic heterocycles. The number of nitrogens with zero attached hydrogens (tertiary/aromatic N) is 1. The summed E-state index contributed by atoms with van der Waals surface area (Å²) in [7, 11) is 0. The molecule has 0 spiro atoms. The molecule has 0 aromatic rings. The Labute approximate surface area is 80.1 Å². The highest BCUT2D eigenvalue weighted by Gasteiger charge is 2.12. The molecule has 0 fully saturated rings. The largest absolute Gasteiger partial charge is 0.193 e. The highest BCUT2D eigenvalue weighted by molar-refractivity contribution is 5.29. The van der Waals surface area contributed by atoms with E-state index in [1.807, 2.05) is 13.0 Å². The Morgan fingerprint density at radius 1 is 1.62 bits per heavy atom. The van der Waals surface area contributed by atoms with Crippen LogP contribution in [-0.2, 0) is 0 Å². The standard InChI is InChI=1S/C12H15N/c1-9-4-5-12(11(3)6-9)7-10(2)8-13/h4-7,11-12H,1-3H3. The van der Waals surface area contributed by atoms with Crippen molar-refractivity contribution in [1.29, 1.82) is 5.26 Å². The van der Waals surface area contributed by atoms with Crippen molar-refractivity contribution >= 4 is 0 Å². The molecular formula is C12H15N. The van der Waals surface area contributed by atoms with Crippen LogP contribution in [0.4, 0.5) is 0 Å². The van der Waals surface area contributed by atoms with Crippen LogP contribution in [0.15, 0.2) is 35.5 Å². The van der Waals surface area contributed by atoms with Gasteiger partial charge < -0.3 is 0 Å². The SMILES string of the molecule is CC(C#N)=CC1C=CC(C)=CC1C. The predicted octanol–water partition coefficient (Wildman–Crippen LogP) is 3.22. The van der Waals surface area contributed by atoms with Crippen molar-refractivity contribution in [1.82, 2.24) is 0 Å². The summed E-state index contributed by atoms with van der Waals surface area (Å²) in [5.41, 5.74) is 2.11. The normalized spacial score (nSPS) is 28.2. The zero-order chi connectivity index (χ0) is 9.84. The van der Waals surface area contributed by atoms with Crippen molar-refractivity contribution in [2.24, 2.45) is 11.8 Å². The van der Waals surface area contributed by atoms with E-state index in [1.165, 1.54) is 5.57 Å². The van der Waals surface area contributed by atoms with Gasteiger partial charge in [0.1, 0.15) is 0 Å². The monoisotopic (exact) mass is 173 g/mol. The van der Waals surface area contributed by atoms with Gasteiger partial charge in [0.25, 0.3) is 0 Å². The Kier molecular flexibility index (Phi) is 3.08. The maximum Gasteiger partial charge on any atom is 0.0940 e. The Bertz CT molecular complexity index is 313. The second-order valence-electron chi connectivity index (χ2n) is 3.67. The van der Waals surface area contributed by atoms with Gasteiger partial charge in [-0.05, 0) is 19.8 Å². The molecule has 0 bridgehead atoms. The molecule has 68 valence electrons. The Morgan fingerprint density at radius 3 is 2.85 bits per heavy atom. The molecule has 1 aliphatic carbocycles. The minimum Gasteiger partial charge on any atom is -0.193 e. The number of rotatable bonds is 1. The lowest BCUT2D eigenvalue weighted by Crippen LogP contribution is -2.08. The van der Waals surface area contributed by atoms with Gasteiger partial charge in [0.05, 0.1) is 6.07 Å². The minimum absolute atomic E-state index is 0.392. The van der Waals surface area contributed by atoms with Crippen molar-refractivity contribution in [2.45, 2.75) is 20.8 Å². The molecule has 0 amide bonds. The molecular weight excluding hydrogens is 158 g/mol. The quantitative estimate of drug-likeness (QED) is 0.558. The van der Waals surface area contributed by atoms with E-state index in [2.05, 4.69) is 38.1 Å². The van der Waals surface area contributed by atoms with Crippen LogP contribution in [0.5, 0.6) is 0 Å². The van der Waals surface area contributed by atoms with Crippen molar-refractivity contribution in [3.8, 4) is 6.07 Å². The zero-order valence-corrected chi connectivity index (χ0v) is 8.41. The van der Waals surface area contributed by atoms with Crippen molar-refractivity contribution < 1.29 is 0 Å². The summed E-state index contributed by atoms with van der Waals surface area (Å²) < 4.78 is 0. The lowest BCUT2D eigenvalue weighted by molar-refractivity contribution is 0.598. The van der Waals surface area contributed by atoms with E-state index < -0.39 is 0 Å². The van der Waals surface area contributed by atoms with Gasteiger partial charge in [-0.25, -0.2) is 0 Å². The predicted molar refractivity (Wildman–Crippen MR) is 54.9 cm³/mol. The zero-order valence-electron chi connectivity index (χ0n) is 8.41. The van der Waals surface area contributed by atoms with E-state index in [1.54, 1.807) is 0 Å². The summed E-state index contributed by atoms with van der Waals surface area (Å²) in [6, 6.07) is 2.15. The van der Waals surface area contributed by atoms with Crippen LogP contribution in [0, 0.1) is 23.2 Å². The molecule has 1 nitrogen and oxygen atoms in total. The third-order valence-corrected chi connectivity index (χ3v) is 2.33. The summed E-state index contributed by atoms with van der Waals surface area (Å²) >= 11 is 0. The Morgan fingerprint density at radius 2 is 2.31 bits per heavy atom. The summed E-state index contributed by atoms with van der Waals surface area (Å²) in [5.74, 6) is 0.900. The number of nitriles is 1. The molecule has 1 aliphatic rings. The number of hydrogen-bond donors (Lipinski definition) is 0. The Hall–Kier alpha value is -1.29. The molecule has 2 unspecified atom stereocenters. The highest BCUT2D eigenvalue weighted by atomic mass is 14.2. The van der Waals surface area contributed by atoms with Crippen LogP contribution in [0.1, 0.15) is 20.8 Å². The van der Waals surface area contributed by atoms with E-state index in [-0.39, 0.29) is 0 Å². The molecule has 0 radical (unpaired) electrons. The molecule has 1 rings (SSSR count).